The van der Waals surface area contributed by atoms with Crippen molar-refractivity contribution < 1.29 is 9.59 Å². The molecule has 1 aliphatic rings. The molecule has 0 bridgehead atoms. The summed E-state index contributed by atoms with van der Waals surface area (Å²) < 4.78 is 0. The quantitative estimate of drug-likeness (QED) is 0.741. The lowest BCUT2D eigenvalue weighted by atomic mass is 10.1. The van der Waals surface area contributed by atoms with E-state index < -0.39 is 5.91 Å². The molecule has 0 unspecified atom stereocenters. The molecule has 1 fully saturated rings. The van der Waals surface area contributed by atoms with Gasteiger partial charge in [0.1, 0.15) is 5.00 Å². The number of carbonyl (C=O) groups is 2. The van der Waals surface area contributed by atoms with Crippen molar-refractivity contribution in [1.82, 2.24) is 5.32 Å². The molecule has 0 radical (unpaired) electrons. The maximum absolute atomic E-state index is 11.6. The molecule has 0 atom stereocenters. The summed E-state index contributed by atoms with van der Waals surface area (Å²) in [5.74, 6) is -0.481. The third-order valence-corrected chi connectivity index (χ3v) is 4.37. The summed E-state index contributed by atoms with van der Waals surface area (Å²) in [6, 6.07) is 0. The van der Waals surface area contributed by atoms with Crippen molar-refractivity contribution >= 4 is 45.5 Å². The number of hydrogen-bond donors (Lipinski definition) is 3. The fourth-order valence-electron chi connectivity index (χ4n) is 1.71. The van der Waals surface area contributed by atoms with E-state index in [-0.39, 0.29) is 16.9 Å². The molecule has 1 aromatic heterocycles. The van der Waals surface area contributed by atoms with Crippen molar-refractivity contribution in [3.63, 3.8) is 0 Å². The normalized spacial score (nSPS) is 14.0. The average molecular weight is 297 g/mol. The molecule has 0 saturated heterocycles. The van der Waals surface area contributed by atoms with E-state index in [1.54, 1.807) is 0 Å². The molecular weight excluding hydrogens is 282 g/mol. The predicted molar refractivity (Wildman–Crippen MR) is 79.4 cm³/mol. The van der Waals surface area contributed by atoms with E-state index in [9.17, 15) is 9.59 Å². The highest BCUT2D eigenvalue weighted by Crippen LogP contribution is 2.32. The molecule has 1 saturated carbocycles. The van der Waals surface area contributed by atoms with E-state index in [2.05, 4.69) is 10.6 Å². The Morgan fingerprint density at radius 1 is 1.37 bits per heavy atom. The van der Waals surface area contributed by atoms with Gasteiger partial charge in [-0.1, -0.05) is 0 Å². The number of amides is 2. The number of thiocarbonyl (C=S) groups is 1. The number of carbonyl (C=O) groups excluding carboxylic acids is 2. The molecule has 2 amide bonds. The minimum absolute atomic E-state index is 0.0666. The summed E-state index contributed by atoms with van der Waals surface area (Å²) >= 11 is 6.47. The monoisotopic (exact) mass is 297 g/mol. The molecule has 5 nitrogen and oxygen atoms in total. The molecule has 2 rings (SSSR count). The molecule has 19 heavy (non-hydrogen) atoms. The topological polar surface area (TPSA) is 84.2 Å². The van der Waals surface area contributed by atoms with E-state index in [4.69, 9.17) is 18.0 Å². The third-order valence-electron chi connectivity index (χ3n) is 3.04. The van der Waals surface area contributed by atoms with Gasteiger partial charge in [-0.05, 0) is 44.5 Å². The van der Waals surface area contributed by atoms with Crippen LogP contribution in [-0.2, 0) is 4.79 Å². The van der Waals surface area contributed by atoms with Crippen LogP contribution in [0, 0.1) is 19.8 Å². The van der Waals surface area contributed by atoms with Gasteiger partial charge in [0.05, 0.1) is 5.56 Å². The van der Waals surface area contributed by atoms with Crippen molar-refractivity contribution in [2.24, 2.45) is 11.7 Å². The Labute approximate surface area is 120 Å². The SMILES string of the molecule is Cc1sc(NC(=S)NC(=O)C2CC2)c(C(N)=O)c1C. The van der Waals surface area contributed by atoms with Gasteiger partial charge in [-0.15, -0.1) is 11.3 Å². The Kier molecular flexibility index (Phi) is 3.86. The Bertz CT molecular complexity index is 562. The number of nitrogens with one attached hydrogen (secondary N) is 2. The second-order valence-electron chi connectivity index (χ2n) is 4.57. The highest BCUT2D eigenvalue weighted by molar-refractivity contribution is 7.80. The fourth-order valence-corrected chi connectivity index (χ4v) is 3.04. The van der Waals surface area contributed by atoms with Crippen LogP contribution < -0.4 is 16.4 Å². The predicted octanol–water partition coefficient (Wildman–Crippen LogP) is 1.69. The number of primary amides is 1. The zero-order chi connectivity index (χ0) is 14.2. The maximum atomic E-state index is 11.6. The van der Waals surface area contributed by atoms with Gasteiger partial charge in [0, 0.05) is 10.8 Å². The summed E-state index contributed by atoms with van der Waals surface area (Å²) in [5, 5.41) is 6.30. The van der Waals surface area contributed by atoms with Crippen LogP contribution in [0.3, 0.4) is 0 Å². The molecule has 1 aromatic rings. The minimum Gasteiger partial charge on any atom is -0.365 e. The number of rotatable bonds is 3. The summed E-state index contributed by atoms with van der Waals surface area (Å²) in [7, 11) is 0. The van der Waals surface area contributed by atoms with Gasteiger partial charge in [-0.2, -0.15) is 0 Å². The largest absolute Gasteiger partial charge is 0.365 e. The van der Waals surface area contributed by atoms with Crippen LogP contribution in [0.1, 0.15) is 33.6 Å². The van der Waals surface area contributed by atoms with Crippen LogP contribution in [0.5, 0.6) is 0 Å². The number of anilines is 1. The van der Waals surface area contributed by atoms with Crippen LogP contribution in [-0.4, -0.2) is 16.9 Å². The first-order chi connectivity index (χ1) is 8.90. The highest BCUT2D eigenvalue weighted by Gasteiger charge is 2.30. The maximum Gasteiger partial charge on any atom is 0.251 e. The summed E-state index contributed by atoms with van der Waals surface area (Å²) in [6.45, 7) is 3.74. The molecule has 4 N–H and O–H groups in total. The number of hydrogen-bond acceptors (Lipinski definition) is 4. The third kappa shape index (κ3) is 3.10. The molecule has 102 valence electrons. The molecule has 0 aromatic carbocycles. The molecule has 1 aliphatic carbocycles. The average Bonchev–Trinajstić information content (AvgIpc) is 3.07. The van der Waals surface area contributed by atoms with Crippen LogP contribution >= 0.6 is 23.6 Å². The molecule has 0 spiro atoms. The summed E-state index contributed by atoms with van der Waals surface area (Å²) in [5.41, 5.74) is 6.64. The van der Waals surface area contributed by atoms with E-state index >= 15 is 0 Å². The lowest BCUT2D eigenvalue weighted by Crippen LogP contribution is -2.35. The van der Waals surface area contributed by atoms with Crippen LogP contribution in [0.15, 0.2) is 0 Å². The van der Waals surface area contributed by atoms with Crippen molar-refractivity contribution in [2.45, 2.75) is 26.7 Å². The number of aryl methyl sites for hydroxylation is 1. The lowest BCUT2D eigenvalue weighted by molar-refractivity contribution is -0.120. The van der Waals surface area contributed by atoms with Gasteiger partial charge < -0.3 is 16.4 Å². The Morgan fingerprint density at radius 2 is 2.00 bits per heavy atom. The van der Waals surface area contributed by atoms with Gasteiger partial charge >= 0.3 is 0 Å². The Morgan fingerprint density at radius 3 is 2.53 bits per heavy atom. The van der Waals surface area contributed by atoms with E-state index in [0.29, 0.717) is 10.6 Å². The number of nitrogens with two attached hydrogens (primary N) is 1. The second kappa shape index (κ2) is 5.26. The molecule has 1 heterocycles. The van der Waals surface area contributed by atoms with Crippen LogP contribution in [0.25, 0.3) is 0 Å². The Hall–Kier alpha value is -1.47. The second-order valence-corrected chi connectivity index (χ2v) is 6.20. The first-order valence-electron chi connectivity index (χ1n) is 5.91. The van der Waals surface area contributed by atoms with Crippen molar-refractivity contribution in [3.8, 4) is 0 Å². The van der Waals surface area contributed by atoms with Crippen molar-refractivity contribution in [3.05, 3.63) is 16.0 Å². The summed E-state index contributed by atoms with van der Waals surface area (Å²) in [6.07, 6.45) is 1.83. The van der Waals surface area contributed by atoms with E-state index in [1.165, 1.54) is 11.3 Å². The van der Waals surface area contributed by atoms with Gasteiger partial charge in [0.25, 0.3) is 5.91 Å². The van der Waals surface area contributed by atoms with Crippen LogP contribution in [0.2, 0.25) is 0 Å². The van der Waals surface area contributed by atoms with Gasteiger partial charge in [-0.25, -0.2) is 0 Å². The smallest absolute Gasteiger partial charge is 0.251 e. The molecule has 7 heteroatoms. The van der Waals surface area contributed by atoms with Crippen molar-refractivity contribution in [2.75, 3.05) is 5.32 Å². The molecule has 0 aliphatic heterocycles. The lowest BCUT2D eigenvalue weighted by Gasteiger charge is -2.08. The van der Waals surface area contributed by atoms with Gasteiger partial charge in [-0.3, -0.25) is 9.59 Å². The van der Waals surface area contributed by atoms with Gasteiger partial charge in [0.2, 0.25) is 5.91 Å². The summed E-state index contributed by atoms with van der Waals surface area (Å²) in [4.78, 5) is 24.0. The zero-order valence-corrected chi connectivity index (χ0v) is 12.3. The first-order valence-corrected chi connectivity index (χ1v) is 7.14. The van der Waals surface area contributed by atoms with Crippen molar-refractivity contribution in [1.29, 1.82) is 0 Å². The Balaban J connectivity index is 2.09. The standard InChI is InChI=1S/C12H15N3O2S2/c1-5-6(2)19-11(8(5)9(13)16)15-12(18)14-10(17)7-3-4-7/h7H,3-4H2,1-2H3,(H2,13,16)(H2,14,15,17,18). The molecular formula is C12H15N3O2S2. The van der Waals surface area contributed by atoms with Crippen LogP contribution in [0.4, 0.5) is 5.00 Å². The van der Waals surface area contributed by atoms with E-state index in [1.807, 2.05) is 13.8 Å². The number of thiophene rings is 1. The minimum atomic E-state index is -0.499. The zero-order valence-electron chi connectivity index (χ0n) is 10.7. The fraction of sp³-hybridized carbons (Fsp3) is 0.417. The highest BCUT2D eigenvalue weighted by atomic mass is 32.1. The van der Waals surface area contributed by atoms with Gasteiger partial charge in [0.15, 0.2) is 5.11 Å². The van der Waals surface area contributed by atoms with E-state index in [0.717, 1.165) is 23.3 Å². The first kappa shape index (κ1) is 14.0.